The first-order chi connectivity index (χ1) is 15.0. The molecule has 162 valence electrons. The molecule has 1 aromatic heterocycles. The van der Waals surface area contributed by atoms with Gasteiger partial charge in [-0.1, -0.05) is 23.9 Å². The van der Waals surface area contributed by atoms with Crippen LogP contribution in [0.1, 0.15) is 25.3 Å². The average Bonchev–Trinajstić information content (AvgIpc) is 3.40. The summed E-state index contributed by atoms with van der Waals surface area (Å²) in [5, 5.41) is 11.9. The summed E-state index contributed by atoms with van der Waals surface area (Å²) in [5.41, 5.74) is 2.62. The van der Waals surface area contributed by atoms with Crippen LogP contribution in [-0.4, -0.2) is 38.6 Å². The van der Waals surface area contributed by atoms with E-state index in [1.807, 2.05) is 42.7 Å². The second kappa shape index (κ2) is 9.62. The van der Waals surface area contributed by atoms with Crippen molar-refractivity contribution in [1.82, 2.24) is 14.8 Å². The summed E-state index contributed by atoms with van der Waals surface area (Å²) < 4.78 is 21.2. The smallest absolute Gasteiger partial charge is 0.237 e. The third-order valence-corrected chi connectivity index (χ3v) is 6.25. The van der Waals surface area contributed by atoms with Crippen molar-refractivity contribution >= 4 is 23.4 Å². The summed E-state index contributed by atoms with van der Waals surface area (Å²) in [6.07, 6.45) is 2.07. The van der Waals surface area contributed by atoms with Crippen molar-refractivity contribution in [2.75, 3.05) is 11.9 Å². The Bertz CT molecular complexity index is 1050. The Morgan fingerprint density at radius 1 is 1.29 bits per heavy atom. The number of thioether (sulfide) groups is 1. The fourth-order valence-corrected chi connectivity index (χ4v) is 4.38. The van der Waals surface area contributed by atoms with Gasteiger partial charge in [0.05, 0.1) is 17.9 Å². The van der Waals surface area contributed by atoms with Crippen LogP contribution in [0.2, 0.25) is 0 Å². The van der Waals surface area contributed by atoms with Gasteiger partial charge in [-0.05, 0) is 68.7 Å². The van der Waals surface area contributed by atoms with E-state index in [0.717, 1.165) is 36.3 Å². The number of carbonyl (C=O) groups excluding carboxylic acids is 1. The molecule has 0 radical (unpaired) electrons. The zero-order chi connectivity index (χ0) is 21.8. The number of benzene rings is 2. The summed E-state index contributed by atoms with van der Waals surface area (Å²) in [7, 11) is 0. The number of carbonyl (C=O) groups is 1. The van der Waals surface area contributed by atoms with Crippen LogP contribution in [0.4, 0.5) is 10.1 Å². The van der Waals surface area contributed by atoms with Gasteiger partial charge in [0, 0.05) is 17.9 Å². The van der Waals surface area contributed by atoms with E-state index in [1.54, 1.807) is 12.1 Å². The van der Waals surface area contributed by atoms with Crippen LogP contribution < -0.4 is 5.32 Å². The van der Waals surface area contributed by atoms with E-state index in [9.17, 15) is 9.18 Å². The number of aromatic nitrogens is 3. The number of nitrogens with zero attached hydrogens (tertiary/aromatic N) is 3. The highest BCUT2D eigenvalue weighted by atomic mass is 32.2. The van der Waals surface area contributed by atoms with E-state index >= 15 is 0 Å². The first-order valence-corrected chi connectivity index (χ1v) is 11.2. The molecule has 1 aliphatic heterocycles. The predicted octanol–water partition coefficient (Wildman–Crippen LogP) is 4.69. The van der Waals surface area contributed by atoms with Gasteiger partial charge < -0.3 is 10.1 Å². The maximum absolute atomic E-state index is 13.4. The number of hydrogen-bond acceptors (Lipinski definition) is 5. The molecule has 2 aromatic carbocycles. The van der Waals surface area contributed by atoms with E-state index in [1.165, 1.54) is 23.9 Å². The minimum Gasteiger partial charge on any atom is -0.376 e. The topological polar surface area (TPSA) is 69.0 Å². The second-order valence-electron chi connectivity index (χ2n) is 7.68. The molecule has 1 N–H and O–H groups in total. The molecule has 31 heavy (non-hydrogen) atoms. The Kier molecular flexibility index (Phi) is 6.67. The molecular formula is C23H25FN4O2S. The van der Waals surface area contributed by atoms with Crippen molar-refractivity contribution in [1.29, 1.82) is 0 Å². The van der Waals surface area contributed by atoms with E-state index in [2.05, 4.69) is 15.5 Å². The zero-order valence-corrected chi connectivity index (χ0v) is 18.4. The van der Waals surface area contributed by atoms with Crippen LogP contribution in [0.15, 0.2) is 53.7 Å². The largest absolute Gasteiger partial charge is 0.376 e. The highest BCUT2D eigenvalue weighted by Crippen LogP contribution is 2.29. The average molecular weight is 441 g/mol. The Balaban J connectivity index is 1.54. The maximum Gasteiger partial charge on any atom is 0.237 e. The highest BCUT2D eigenvalue weighted by molar-refractivity contribution is 8.00. The molecule has 2 unspecified atom stereocenters. The number of rotatable bonds is 7. The van der Waals surface area contributed by atoms with Gasteiger partial charge >= 0.3 is 0 Å². The van der Waals surface area contributed by atoms with Gasteiger partial charge in [0.1, 0.15) is 5.82 Å². The number of nitrogens with one attached hydrogen (secondary N) is 1. The van der Waals surface area contributed by atoms with E-state index in [-0.39, 0.29) is 23.1 Å². The number of hydrogen-bond donors (Lipinski definition) is 1. The van der Waals surface area contributed by atoms with Crippen molar-refractivity contribution in [2.45, 2.75) is 49.7 Å². The van der Waals surface area contributed by atoms with Crippen molar-refractivity contribution in [2.24, 2.45) is 0 Å². The van der Waals surface area contributed by atoms with Crippen molar-refractivity contribution in [3.05, 3.63) is 59.9 Å². The normalized spacial score (nSPS) is 16.9. The minimum atomic E-state index is -0.381. The molecule has 0 spiro atoms. The van der Waals surface area contributed by atoms with Gasteiger partial charge in [0.25, 0.3) is 0 Å². The summed E-state index contributed by atoms with van der Waals surface area (Å²) in [5.74, 6) is 0.236. The molecule has 4 rings (SSSR count). The standard InChI is InChI=1S/C23H25FN4O2S/c1-15-5-3-6-19(13-15)25-22(29)16(2)31-23-27-26-21(17-8-10-18(24)11-9-17)28(23)14-20-7-4-12-30-20/h3,5-6,8-11,13,16,20H,4,7,12,14H2,1-2H3,(H,25,29). The maximum atomic E-state index is 13.4. The number of amides is 1. The molecular weight excluding hydrogens is 415 g/mol. The zero-order valence-electron chi connectivity index (χ0n) is 17.5. The molecule has 6 nitrogen and oxygen atoms in total. The summed E-state index contributed by atoms with van der Waals surface area (Å²) in [6, 6.07) is 13.9. The van der Waals surface area contributed by atoms with Gasteiger partial charge in [-0.15, -0.1) is 10.2 Å². The predicted molar refractivity (Wildman–Crippen MR) is 120 cm³/mol. The Hall–Kier alpha value is -2.71. The second-order valence-corrected chi connectivity index (χ2v) is 8.99. The van der Waals surface area contributed by atoms with Crippen molar-refractivity contribution < 1.29 is 13.9 Å². The van der Waals surface area contributed by atoms with Crippen molar-refractivity contribution in [3.8, 4) is 11.4 Å². The molecule has 1 aliphatic rings. The third-order valence-electron chi connectivity index (χ3n) is 5.17. The molecule has 8 heteroatoms. The first-order valence-electron chi connectivity index (χ1n) is 10.3. The van der Waals surface area contributed by atoms with E-state index in [4.69, 9.17) is 4.74 Å². The molecule has 0 bridgehead atoms. The lowest BCUT2D eigenvalue weighted by molar-refractivity contribution is -0.115. The fourth-order valence-electron chi connectivity index (χ4n) is 3.52. The summed E-state index contributed by atoms with van der Waals surface area (Å²) >= 11 is 1.35. The lowest BCUT2D eigenvalue weighted by atomic mass is 10.2. The molecule has 0 saturated carbocycles. The van der Waals surface area contributed by atoms with Gasteiger partial charge in [-0.25, -0.2) is 4.39 Å². The molecule has 2 atom stereocenters. The van der Waals surface area contributed by atoms with Gasteiger partial charge in [-0.3, -0.25) is 9.36 Å². The number of ether oxygens (including phenoxy) is 1. The fraction of sp³-hybridized carbons (Fsp3) is 0.348. The van der Waals surface area contributed by atoms with Crippen LogP contribution in [0.25, 0.3) is 11.4 Å². The molecule has 1 amide bonds. The van der Waals surface area contributed by atoms with Gasteiger partial charge in [0.2, 0.25) is 5.91 Å². The quantitative estimate of drug-likeness (QED) is 0.540. The van der Waals surface area contributed by atoms with Gasteiger partial charge in [0.15, 0.2) is 11.0 Å². The summed E-state index contributed by atoms with van der Waals surface area (Å²) in [6.45, 7) is 5.17. The Morgan fingerprint density at radius 3 is 2.81 bits per heavy atom. The van der Waals surface area contributed by atoms with Crippen LogP contribution in [0, 0.1) is 12.7 Å². The van der Waals surface area contributed by atoms with E-state index in [0.29, 0.717) is 17.5 Å². The highest BCUT2D eigenvalue weighted by Gasteiger charge is 2.24. The number of anilines is 1. The molecule has 1 fully saturated rings. The monoisotopic (exact) mass is 440 g/mol. The lowest BCUT2D eigenvalue weighted by Crippen LogP contribution is -2.23. The number of halogens is 1. The Labute approximate surface area is 185 Å². The molecule has 2 heterocycles. The van der Waals surface area contributed by atoms with Crippen LogP contribution in [0.3, 0.4) is 0 Å². The summed E-state index contributed by atoms with van der Waals surface area (Å²) in [4.78, 5) is 12.7. The minimum absolute atomic E-state index is 0.0750. The van der Waals surface area contributed by atoms with Crippen molar-refractivity contribution in [3.63, 3.8) is 0 Å². The van der Waals surface area contributed by atoms with Gasteiger partial charge in [-0.2, -0.15) is 0 Å². The SMILES string of the molecule is Cc1cccc(NC(=O)C(C)Sc2nnc(-c3ccc(F)cc3)n2CC2CCCO2)c1. The van der Waals surface area contributed by atoms with Crippen LogP contribution in [0.5, 0.6) is 0 Å². The van der Waals surface area contributed by atoms with Crippen LogP contribution in [-0.2, 0) is 16.1 Å². The Morgan fingerprint density at radius 2 is 2.10 bits per heavy atom. The molecule has 1 saturated heterocycles. The lowest BCUT2D eigenvalue weighted by Gasteiger charge is -2.16. The molecule has 0 aliphatic carbocycles. The number of aryl methyl sites for hydroxylation is 1. The van der Waals surface area contributed by atoms with Crippen LogP contribution >= 0.6 is 11.8 Å². The third kappa shape index (κ3) is 5.32. The first kappa shape index (κ1) is 21.5. The molecule has 3 aromatic rings. The van der Waals surface area contributed by atoms with E-state index < -0.39 is 0 Å².